The summed E-state index contributed by atoms with van der Waals surface area (Å²) in [7, 11) is 2.11. The van der Waals surface area contributed by atoms with Crippen molar-refractivity contribution in [3.8, 4) is 0 Å². The van der Waals surface area contributed by atoms with E-state index in [1.54, 1.807) is 0 Å². The van der Waals surface area contributed by atoms with E-state index in [0.29, 0.717) is 6.04 Å². The van der Waals surface area contributed by atoms with Crippen LogP contribution in [-0.4, -0.2) is 19.7 Å². The van der Waals surface area contributed by atoms with Crippen LogP contribution in [-0.2, 0) is 11.2 Å². The summed E-state index contributed by atoms with van der Waals surface area (Å²) in [6, 6.07) is 9.31. The highest BCUT2D eigenvalue weighted by Crippen LogP contribution is 2.39. The van der Waals surface area contributed by atoms with Crippen molar-refractivity contribution >= 4 is 0 Å². The second-order valence-electron chi connectivity index (χ2n) is 6.74. The highest BCUT2D eigenvalue weighted by atomic mass is 16.5. The summed E-state index contributed by atoms with van der Waals surface area (Å²) in [6.45, 7) is 3.20. The van der Waals surface area contributed by atoms with Gasteiger partial charge >= 0.3 is 0 Å². The van der Waals surface area contributed by atoms with Crippen LogP contribution in [0, 0.1) is 11.8 Å². The van der Waals surface area contributed by atoms with Crippen molar-refractivity contribution in [2.45, 2.75) is 57.6 Å². The summed E-state index contributed by atoms with van der Waals surface area (Å²) in [6.07, 6.45) is 8.15. The van der Waals surface area contributed by atoms with Gasteiger partial charge in [-0.05, 0) is 49.3 Å². The minimum atomic E-state index is 0.239. The Morgan fingerprint density at radius 3 is 2.67 bits per heavy atom. The van der Waals surface area contributed by atoms with E-state index < -0.39 is 0 Å². The molecule has 2 heteroatoms. The molecule has 2 atom stereocenters. The molecular weight excluding hydrogens is 258 g/mol. The van der Waals surface area contributed by atoms with Gasteiger partial charge in [-0.1, -0.05) is 50.5 Å². The Morgan fingerprint density at radius 2 is 1.95 bits per heavy atom. The maximum atomic E-state index is 6.20. The van der Waals surface area contributed by atoms with Crippen molar-refractivity contribution in [2.24, 2.45) is 11.8 Å². The molecule has 0 saturated heterocycles. The number of nitrogens with one attached hydrogen (secondary N) is 1. The van der Waals surface area contributed by atoms with E-state index in [1.807, 2.05) is 0 Å². The molecule has 2 nitrogen and oxygen atoms in total. The molecule has 0 aromatic heterocycles. The van der Waals surface area contributed by atoms with Gasteiger partial charge in [-0.25, -0.2) is 0 Å². The normalized spacial score (nSPS) is 30.7. The van der Waals surface area contributed by atoms with Crippen LogP contribution in [0.5, 0.6) is 0 Å². The summed E-state index contributed by atoms with van der Waals surface area (Å²) >= 11 is 0. The fourth-order valence-corrected chi connectivity index (χ4v) is 4.31. The quantitative estimate of drug-likeness (QED) is 0.900. The number of likely N-dealkylation sites (N-methyl/N-ethyl adjacent to an activating group) is 1. The van der Waals surface area contributed by atoms with E-state index in [2.05, 4.69) is 43.6 Å². The predicted octanol–water partition coefficient (Wildman–Crippen LogP) is 4.10. The molecule has 1 aromatic rings. The predicted molar refractivity (Wildman–Crippen MR) is 87.4 cm³/mol. The largest absolute Gasteiger partial charge is 0.372 e. The Bertz CT molecular complexity index is 451. The summed E-state index contributed by atoms with van der Waals surface area (Å²) in [5.41, 5.74) is 2.90. The van der Waals surface area contributed by atoms with Gasteiger partial charge < -0.3 is 10.1 Å². The van der Waals surface area contributed by atoms with Crippen LogP contribution in [0.4, 0.5) is 0 Å². The van der Waals surface area contributed by atoms with Crippen molar-refractivity contribution in [3.63, 3.8) is 0 Å². The first-order valence-corrected chi connectivity index (χ1v) is 8.70. The lowest BCUT2D eigenvalue weighted by Crippen LogP contribution is -2.43. The molecule has 1 aliphatic heterocycles. The highest BCUT2D eigenvalue weighted by Gasteiger charge is 2.35. The van der Waals surface area contributed by atoms with Crippen molar-refractivity contribution in [1.82, 2.24) is 5.32 Å². The monoisotopic (exact) mass is 287 g/mol. The molecule has 1 saturated carbocycles. The molecular formula is C19H29NO. The molecule has 116 valence electrons. The summed E-state index contributed by atoms with van der Waals surface area (Å²) < 4.78 is 6.20. The van der Waals surface area contributed by atoms with Gasteiger partial charge in [-0.2, -0.15) is 0 Å². The van der Waals surface area contributed by atoms with Gasteiger partial charge in [0, 0.05) is 6.04 Å². The zero-order valence-electron chi connectivity index (χ0n) is 13.5. The van der Waals surface area contributed by atoms with Crippen LogP contribution in [0.25, 0.3) is 0 Å². The van der Waals surface area contributed by atoms with Crippen LogP contribution in [0.15, 0.2) is 24.3 Å². The number of ether oxygens (including phenoxy) is 1. The number of hydrogen-bond donors (Lipinski definition) is 1. The average molecular weight is 287 g/mol. The van der Waals surface area contributed by atoms with Crippen LogP contribution in [0.1, 0.15) is 56.3 Å². The van der Waals surface area contributed by atoms with Crippen molar-refractivity contribution in [3.05, 3.63) is 35.4 Å². The molecule has 1 N–H and O–H groups in total. The Hall–Kier alpha value is -0.860. The zero-order valence-corrected chi connectivity index (χ0v) is 13.5. The fourth-order valence-electron chi connectivity index (χ4n) is 4.31. The molecule has 2 unspecified atom stereocenters. The minimum Gasteiger partial charge on any atom is -0.372 e. The van der Waals surface area contributed by atoms with Gasteiger partial charge in [0.25, 0.3) is 0 Å². The van der Waals surface area contributed by atoms with Gasteiger partial charge in [0.15, 0.2) is 0 Å². The molecule has 0 amide bonds. The third-order valence-corrected chi connectivity index (χ3v) is 5.67. The van der Waals surface area contributed by atoms with E-state index in [1.165, 1.54) is 43.2 Å². The van der Waals surface area contributed by atoms with E-state index in [9.17, 15) is 0 Å². The van der Waals surface area contributed by atoms with Crippen LogP contribution in [0.2, 0.25) is 0 Å². The molecule has 0 bridgehead atoms. The van der Waals surface area contributed by atoms with Gasteiger partial charge in [0.05, 0.1) is 12.7 Å². The third-order valence-electron chi connectivity index (χ3n) is 5.67. The highest BCUT2D eigenvalue weighted by molar-refractivity contribution is 5.32. The van der Waals surface area contributed by atoms with E-state index >= 15 is 0 Å². The lowest BCUT2D eigenvalue weighted by atomic mass is 9.75. The second kappa shape index (κ2) is 6.93. The third kappa shape index (κ3) is 3.17. The zero-order chi connectivity index (χ0) is 14.7. The topological polar surface area (TPSA) is 21.3 Å². The number of rotatable bonds is 4. The van der Waals surface area contributed by atoms with Gasteiger partial charge in [0.2, 0.25) is 0 Å². The Morgan fingerprint density at radius 1 is 1.19 bits per heavy atom. The maximum absolute atomic E-state index is 6.20. The first kappa shape index (κ1) is 15.1. The van der Waals surface area contributed by atoms with Crippen LogP contribution >= 0.6 is 0 Å². The lowest BCUT2D eigenvalue weighted by Gasteiger charge is -2.39. The Labute approximate surface area is 129 Å². The first-order chi connectivity index (χ1) is 10.3. The smallest absolute Gasteiger partial charge is 0.0983 e. The second-order valence-corrected chi connectivity index (χ2v) is 6.74. The molecule has 1 fully saturated rings. The van der Waals surface area contributed by atoms with Crippen molar-refractivity contribution < 1.29 is 4.74 Å². The minimum absolute atomic E-state index is 0.239. The van der Waals surface area contributed by atoms with Gasteiger partial charge in [-0.3, -0.25) is 0 Å². The molecule has 21 heavy (non-hydrogen) atoms. The molecule has 1 aliphatic carbocycles. The van der Waals surface area contributed by atoms with Gasteiger partial charge in [-0.15, -0.1) is 0 Å². The number of fused-ring (bicyclic) bond motifs is 1. The van der Waals surface area contributed by atoms with E-state index in [-0.39, 0.29) is 6.10 Å². The molecule has 3 rings (SSSR count). The Balaban J connectivity index is 1.75. The summed E-state index contributed by atoms with van der Waals surface area (Å²) in [4.78, 5) is 0. The average Bonchev–Trinajstić information content (AvgIpc) is 2.56. The van der Waals surface area contributed by atoms with Crippen molar-refractivity contribution in [1.29, 1.82) is 0 Å². The Kier molecular flexibility index (Phi) is 4.97. The van der Waals surface area contributed by atoms with E-state index in [4.69, 9.17) is 4.74 Å². The summed E-state index contributed by atoms with van der Waals surface area (Å²) in [5.74, 6) is 1.72. The lowest BCUT2D eigenvalue weighted by molar-refractivity contribution is -0.00562. The van der Waals surface area contributed by atoms with Crippen LogP contribution < -0.4 is 5.32 Å². The number of hydrogen-bond acceptors (Lipinski definition) is 2. The molecule has 2 aliphatic rings. The SMILES string of the molecule is CCC1CCC(C(NC)C2OCCc3ccccc32)CC1. The molecule has 1 heterocycles. The fraction of sp³-hybridized carbons (Fsp3) is 0.684. The summed E-state index contributed by atoms with van der Waals surface area (Å²) in [5, 5.41) is 3.59. The van der Waals surface area contributed by atoms with Crippen molar-refractivity contribution in [2.75, 3.05) is 13.7 Å². The number of benzene rings is 1. The maximum Gasteiger partial charge on any atom is 0.0983 e. The van der Waals surface area contributed by atoms with Gasteiger partial charge in [0.1, 0.15) is 0 Å². The first-order valence-electron chi connectivity index (χ1n) is 8.70. The molecule has 1 aromatic carbocycles. The molecule has 0 spiro atoms. The standard InChI is InChI=1S/C19H29NO/c1-3-14-8-10-16(11-9-14)18(20-2)19-17-7-5-4-6-15(17)12-13-21-19/h4-7,14,16,18-20H,3,8-13H2,1-2H3. The van der Waals surface area contributed by atoms with Crippen LogP contribution in [0.3, 0.4) is 0 Å². The molecule has 0 radical (unpaired) electrons. The van der Waals surface area contributed by atoms with E-state index in [0.717, 1.165) is 24.9 Å².